The molecule has 0 saturated carbocycles. The van der Waals surface area contributed by atoms with Crippen LogP contribution < -0.4 is 24.4 Å². The average molecular weight is 603 g/mol. The van der Waals surface area contributed by atoms with Gasteiger partial charge in [0, 0.05) is 5.69 Å². The highest BCUT2D eigenvalue weighted by Crippen LogP contribution is 2.38. The van der Waals surface area contributed by atoms with Crippen LogP contribution in [0.25, 0.3) is 6.08 Å². The maximum Gasteiger partial charge on any atom is 0.416 e. The van der Waals surface area contributed by atoms with E-state index in [-0.39, 0.29) is 17.3 Å². The first kappa shape index (κ1) is 29.9. The van der Waals surface area contributed by atoms with Crippen molar-refractivity contribution in [2.75, 3.05) is 30.0 Å². The van der Waals surface area contributed by atoms with Gasteiger partial charge < -0.3 is 19.5 Å². The van der Waals surface area contributed by atoms with Crippen molar-refractivity contribution < 1.29 is 37.0 Å². The number of carbonyl (C=O) groups excluding carboxylic acids is 2. The van der Waals surface area contributed by atoms with Crippen LogP contribution in [-0.2, 0) is 15.8 Å². The maximum atomic E-state index is 13.2. The number of hydrogen-bond donors (Lipinski definition) is 1. The number of ether oxygens (including phenoxy) is 3. The number of nitrogens with one attached hydrogen (secondary N) is 1. The van der Waals surface area contributed by atoms with Gasteiger partial charge in [-0.05, 0) is 80.1 Å². The molecular weight excluding hydrogens is 577 g/mol. The molecule has 4 rings (SSSR count). The Labute approximate surface area is 244 Å². The van der Waals surface area contributed by atoms with Crippen LogP contribution in [0.1, 0.15) is 25.0 Å². The Kier molecular flexibility index (Phi) is 9.56. The number of halogens is 3. The lowest BCUT2D eigenvalue weighted by molar-refractivity contribution is -0.137. The highest BCUT2D eigenvalue weighted by Gasteiger charge is 2.33. The van der Waals surface area contributed by atoms with E-state index in [4.69, 9.17) is 26.4 Å². The topological polar surface area (TPSA) is 77.1 Å². The summed E-state index contributed by atoms with van der Waals surface area (Å²) in [6, 6.07) is 16.3. The van der Waals surface area contributed by atoms with E-state index in [9.17, 15) is 22.8 Å². The number of benzene rings is 3. The monoisotopic (exact) mass is 602 g/mol. The smallest absolute Gasteiger partial charge is 0.416 e. The summed E-state index contributed by atoms with van der Waals surface area (Å²) in [5, 5.41) is 2.39. The number of amides is 2. The minimum atomic E-state index is -4.53. The van der Waals surface area contributed by atoms with E-state index in [2.05, 4.69) is 5.32 Å². The van der Waals surface area contributed by atoms with Crippen LogP contribution in [0.3, 0.4) is 0 Å². The number of thioether (sulfide) groups is 1. The lowest BCUT2D eigenvalue weighted by atomic mass is 10.1. The number of hydrogen-bond acceptors (Lipinski definition) is 7. The van der Waals surface area contributed by atoms with Crippen molar-refractivity contribution in [3.63, 3.8) is 0 Å². The zero-order valence-electron chi connectivity index (χ0n) is 22.0. The first-order valence-electron chi connectivity index (χ1n) is 12.5. The summed E-state index contributed by atoms with van der Waals surface area (Å²) in [7, 11) is 0. The zero-order chi connectivity index (χ0) is 29.6. The highest BCUT2D eigenvalue weighted by atomic mass is 32.2. The Hall–Kier alpha value is -4.03. The van der Waals surface area contributed by atoms with Gasteiger partial charge in [-0.2, -0.15) is 13.2 Å². The Morgan fingerprint density at radius 1 is 0.976 bits per heavy atom. The molecule has 0 atom stereocenters. The molecule has 0 aliphatic carbocycles. The zero-order valence-corrected chi connectivity index (χ0v) is 23.6. The molecular formula is C29H25F3N2O5S2. The molecule has 1 fully saturated rings. The van der Waals surface area contributed by atoms with Gasteiger partial charge >= 0.3 is 6.18 Å². The van der Waals surface area contributed by atoms with Crippen LogP contribution in [0, 0.1) is 0 Å². The summed E-state index contributed by atoms with van der Waals surface area (Å²) in [6.45, 7) is 4.03. The SMILES string of the molecule is CCOc1ccc(N2C(=O)/C(=C/c3ccc(OCC(=O)Nc4cccc(C(F)(F)F)c4)c(OCC)c3)SC2=S)cc1. The van der Waals surface area contributed by atoms with Gasteiger partial charge in [0.15, 0.2) is 22.4 Å². The van der Waals surface area contributed by atoms with Crippen molar-refractivity contribution in [1.29, 1.82) is 0 Å². The third-order valence-electron chi connectivity index (χ3n) is 5.60. The van der Waals surface area contributed by atoms with E-state index in [1.54, 1.807) is 55.5 Å². The molecule has 0 spiro atoms. The third kappa shape index (κ3) is 7.59. The second kappa shape index (κ2) is 13.1. The van der Waals surface area contributed by atoms with Gasteiger partial charge in [0.25, 0.3) is 11.8 Å². The molecule has 2 amide bonds. The summed E-state index contributed by atoms with van der Waals surface area (Å²) in [6.07, 6.45) is -2.85. The van der Waals surface area contributed by atoms with Crippen LogP contribution in [0.15, 0.2) is 71.6 Å². The predicted molar refractivity (Wildman–Crippen MR) is 156 cm³/mol. The molecule has 12 heteroatoms. The molecule has 1 saturated heterocycles. The number of anilines is 2. The van der Waals surface area contributed by atoms with Crippen molar-refractivity contribution in [2.45, 2.75) is 20.0 Å². The second-order valence-corrected chi connectivity index (χ2v) is 10.2. The van der Waals surface area contributed by atoms with Crippen LogP contribution in [0.5, 0.6) is 17.2 Å². The van der Waals surface area contributed by atoms with Crippen LogP contribution in [-0.4, -0.2) is 36.0 Å². The normalized spacial score (nSPS) is 14.4. The molecule has 3 aromatic carbocycles. The number of rotatable bonds is 10. The summed E-state index contributed by atoms with van der Waals surface area (Å²) >= 11 is 6.62. The quantitative estimate of drug-likeness (QED) is 0.199. The molecule has 214 valence electrons. The maximum absolute atomic E-state index is 13.2. The van der Waals surface area contributed by atoms with Crippen molar-refractivity contribution in [3.8, 4) is 17.2 Å². The van der Waals surface area contributed by atoms with Crippen LogP contribution in [0.2, 0.25) is 0 Å². The summed E-state index contributed by atoms with van der Waals surface area (Å²) in [4.78, 5) is 27.4. The second-order valence-electron chi connectivity index (χ2n) is 8.50. The molecule has 1 heterocycles. The van der Waals surface area contributed by atoms with E-state index in [0.29, 0.717) is 45.2 Å². The van der Waals surface area contributed by atoms with Gasteiger partial charge in [-0.25, -0.2) is 0 Å². The molecule has 0 unspecified atom stereocenters. The molecule has 41 heavy (non-hydrogen) atoms. The van der Waals surface area contributed by atoms with Crippen molar-refractivity contribution >= 4 is 57.6 Å². The minimum Gasteiger partial charge on any atom is -0.494 e. The first-order chi connectivity index (χ1) is 19.6. The number of alkyl halides is 3. The fourth-order valence-electron chi connectivity index (χ4n) is 3.82. The van der Waals surface area contributed by atoms with Crippen LogP contribution >= 0.6 is 24.0 Å². The van der Waals surface area contributed by atoms with Gasteiger partial charge in [-0.3, -0.25) is 14.5 Å². The minimum absolute atomic E-state index is 0.00338. The Bertz CT molecular complexity index is 1480. The predicted octanol–water partition coefficient (Wildman–Crippen LogP) is 6.93. The summed E-state index contributed by atoms with van der Waals surface area (Å²) < 4.78 is 55.9. The molecule has 0 aromatic heterocycles. The fourth-order valence-corrected chi connectivity index (χ4v) is 5.11. The Balaban J connectivity index is 1.45. The fraction of sp³-hybridized carbons (Fsp3) is 0.207. The Morgan fingerprint density at radius 2 is 1.71 bits per heavy atom. The van der Waals surface area contributed by atoms with Gasteiger partial charge in [0.1, 0.15) is 5.75 Å². The summed E-state index contributed by atoms with van der Waals surface area (Å²) in [5.41, 5.74) is 0.390. The van der Waals surface area contributed by atoms with E-state index in [0.717, 1.165) is 12.1 Å². The third-order valence-corrected chi connectivity index (χ3v) is 6.90. The van der Waals surface area contributed by atoms with Crippen molar-refractivity contribution in [1.82, 2.24) is 0 Å². The molecule has 0 radical (unpaired) electrons. The van der Waals surface area contributed by atoms with Gasteiger partial charge in [0.2, 0.25) is 0 Å². The molecule has 1 aliphatic rings. The number of thiocarbonyl (C=S) groups is 1. The van der Waals surface area contributed by atoms with E-state index in [1.165, 1.54) is 28.8 Å². The van der Waals surface area contributed by atoms with Gasteiger partial charge in [-0.15, -0.1) is 0 Å². The standard InChI is InChI=1S/C29H25F3N2O5S2/c1-3-37-22-11-9-21(10-12-22)34-27(36)25(41-28(34)40)15-18-8-13-23(24(14-18)38-4-2)39-17-26(35)33-20-7-5-6-19(16-20)29(30,31)32/h5-16H,3-4,17H2,1-2H3,(H,33,35)/b25-15-. The van der Waals surface area contributed by atoms with E-state index in [1.807, 2.05) is 6.92 Å². The lowest BCUT2D eigenvalue weighted by Crippen LogP contribution is -2.27. The summed E-state index contributed by atoms with van der Waals surface area (Å²) in [5.74, 6) is 0.360. The van der Waals surface area contributed by atoms with E-state index < -0.39 is 24.3 Å². The van der Waals surface area contributed by atoms with Gasteiger partial charge in [-0.1, -0.05) is 36.1 Å². The van der Waals surface area contributed by atoms with Crippen molar-refractivity contribution in [3.05, 3.63) is 82.8 Å². The molecule has 0 bridgehead atoms. The van der Waals surface area contributed by atoms with Crippen molar-refractivity contribution in [2.24, 2.45) is 0 Å². The lowest BCUT2D eigenvalue weighted by Gasteiger charge is -2.15. The molecule has 7 nitrogen and oxygen atoms in total. The number of carbonyl (C=O) groups is 2. The largest absolute Gasteiger partial charge is 0.494 e. The highest BCUT2D eigenvalue weighted by molar-refractivity contribution is 8.27. The molecule has 1 N–H and O–H groups in total. The van der Waals surface area contributed by atoms with Gasteiger partial charge in [0.05, 0.1) is 29.4 Å². The van der Waals surface area contributed by atoms with Crippen LogP contribution in [0.4, 0.5) is 24.5 Å². The Morgan fingerprint density at radius 3 is 2.39 bits per heavy atom. The van der Waals surface area contributed by atoms with E-state index >= 15 is 0 Å². The molecule has 3 aromatic rings. The molecule has 1 aliphatic heterocycles. The first-order valence-corrected chi connectivity index (χ1v) is 13.7. The average Bonchev–Trinajstić information content (AvgIpc) is 3.21. The number of nitrogens with zero attached hydrogens (tertiary/aromatic N) is 1.